The third-order valence-electron chi connectivity index (χ3n) is 5.07. The van der Waals surface area contributed by atoms with Crippen molar-refractivity contribution in [1.29, 1.82) is 0 Å². The van der Waals surface area contributed by atoms with E-state index < -0.39 is 23.6 Å². The largest absolute Gasteiger partial charge is 0.507 e. The zero-order valence-electron chi connectivity index (χ0n) is 14.7. The number of alkyl halides is 3. The van der Waals surface area contributed by atoms with E-state index in [9.17, 15) is 23.4 Å². The van der Waals surface area contributed by atoms with Gasteiger partial charge in [0.15, 0.2) is 5.82 Å². The molecular formula is C20H18F3N3O2. The lowest BCUT2D eigenvalue weighted by atomic mass is 10.0. The molecule has 1 fully saturated rings. The van der Waals surface area contributed by atoms with Crippen LogP contribution in [0.15, 0.2) is 42.5 Å². The van der Waals surface area contributed by atoms with Crippen LogP contribution in [0.25, 0.3) is 22.0 Å². The Kier molecular flexibility index (Phi) is 4.58. The van der Waals surface area contributed by atoms with Crippen LogP contribution in [0.4, 0.5) is 19.0 Å². The maximum absolute atomic E-state index is 12.9. The number of hydrogen-bond donors (Lipinski definition) is 3. The first-order valence-electron chi connectivity index (χ1n) is 8.95. The van der Waals surface area contributed by atoms with E-state index in [0.717, 1.165) is 25.3 Å². The number of benzene rings is 2. The Morgan fingerprint density at radius 1 is 1.00 bits per heavy atom. The van der Waals surface area contributed by atoms with Crippen LogP contribution in [-0.2, 0) is 6.18 Å². The van der Waals surface area contributed by atoms with Gasteiger partial charge in [0.05, 0.1) is 17.7 Å². The number of rotatable bonds is 3. The third-order valence-corrected chi connectivity index (χ3v) is 5.07. The first-order chi connectivity index (χ1) is 13.3. The van der Waals surface area contributed by atoms with Crippen LogP contribution >= 0.6 is 0 Å². The number of halogens is 3. The number of phenols is 1. The van der Waals surface area contributed by atoms with Gasteiger partial charge in [0.2, 0.25) is 0 Å². The summed E-state index contributed by atoms with van der Waals surface area (Å²) in [5, 5.41) is 33.2. The van der Waals surface area contributed by atoms with Crippen LogP contribution in [0, 0.1) is 0 Å². The second-order valence-electron chi connectivity index (χ2n) is 6.92. The highest BCUT2D eigenvalue weighted by atomic mass is 19.4. The molecule has 1 saturated carbocycles. The van der Waals surface area contributed by atoms with E-state index in [1.807, 2.05) is 12.1 Å². The molecule has 0 aliphatic heterocycles. The van der Waals surface area contributed by atoms with Crippen molar-refractivity contribution in [2.45, 2.75) is 37.6 Å². The molecule has 8 heteroatoms. The van der Waals surface area contributed by atoms with Crippen molar-refractivity contribution >= 4 is 16.6 Å². The minimum absolute atomic E-state index is 0.122. The summed E-state index contributed by atoms with van der Waals surface area (Å²) in [7, 11) is 0. The fourth-order valence-electron chi connectivity index (χ4n) is 3.60. The summed E-state index contributed by atoms with van der Waals surface area (Å²) in [4.78, 5) is 0. The number of aliphatic hydroxyl groups is 1. The van der Waals surface area contributed by atoms with Gasteiger partial charge in [0.25, 0.3) is 0 Å². The van der Waals surface area contributed by atoms with Gasteiger partial charge in [0, 0.05) is 16.3 Å². The van der Waals surface area contributed by atoms with Gasteiger partial charge in [-0.1, -0.05) is 24.3 Å². The number of nitrogens with zero attached hydrogens (tertiary/aromatic N) is 2. The molecule has 146 valence electrons. The van der Waals surface area contributed by atoms with Crippen molar-refractivity contribution in [2.24, 2.45) is 0 Å². The highest BCUT2D eigenvalue weighted by molar-refractivity contribution is 6.00. The number of phenolic OH excluding ortho intramolecular Hbond substituents is 1. The molecule has 0 bridgehead atoms. The van der Waals surface area contributed by atoms with Gasteiger partial charge in [-0.2, -0.15) is 13.2 Å². The minimum atomic E-state index is -4.54. The van der Waals surface area contributed by atoms with E-state index in [1.165, 1.54) is 6.07 Å². The zero-order chi connectivity index (χ0) is 19.9. The number of anilines is 1. The molecule has 0 saturated heterocycles. The van der Waals surface area contributed by atoms with Crippen LogP contribution in [0.3, 0.4) is 0 Å². The average molecular weight is 389 g/mol. The Bertz CT molecular complexity index is 1020. The molecule has 1 aromatic heterocycles. The monoisotopic (exact) mass is 389 g/mol. The fraction of sp³-hybridized carbons (Fsp3) is 0.300. The summed E-state index contributed by atoms with van der Waals surface area (Å²) < 4.78 is 38.6. The van der Waals surface area contributed by atoms with E-state index >= 15 is 0 Å². The van der Waals surface area contributed by atoms with E-state index in [1.54, 1.807) is 12.1 Å². The Labute approximate surface area is 158 Å². The summed E-state index contributed by atoms with van der Waals surface area (Å²) in [6.07, 6.45) is -2.54. The lowest BCUT2D eigenvalue weighted by molar-refractivity contribution is -0.137. The molecular weight excluding hydrogens is 371 g/mol. The number of aromatic nitrogens is 2. The van der Waals surface area contributed by atoms with Gasteiger partial charge >= 0.3 is 6.18 Å². The predicted molar refractivity (Wildman–Crippen MR) is 98.9 cm³/mol. The van der Waals surface area contributed by atoms with Gasteiger partial charge < -0.3 is 15.5 Å². The molecule has 0 spiro atoms. The van der Waals surface area contributed by atoms with Crippen molar-refractivity contribution in [3.05, 3.63) is 48.0 Å². The van der Waals surface area contributed by atoms with E-state index in [-0.39, 0.29) is 11.6 Å². The van der Waals surface area contributed by atoms with Crippen LogP contribution in [0.5, 0.6) is 5.75 Å². The van der Waals surface area contributed by atoms with Gasteiger partial charge in [-0.05, 0) is 37.5 Å². The molecule has 0 amide bonds. The lowest BCUT2D eigenvalue weighted by Crippen LogP contribution is -2.28. The number of nitrogens with one attached hydrogen (secondary N) is 1. The van der Waals surface area contributed by atoms with Crippen molar-refractivity contribution in [2.75, 3.05) is 5.32 Å². The zero-order valence-corrected chi connectivity index (χ0v) is 14.7. The molecule has 2 aromatic carbocycles. The van der Waals surface area contributed by atoms with Crippen molar-refractivity contribution in [3.63, 3.8) is 0 Å². The lowest BCUT2D eigenvalue weighted by Gasteiger charge is -2.19. The van der Waals surface area contributed by atoms with E-state index in [4.69, 9.17) is 0 Å². The van der Waals surface area contributed by atoms with Crippen LogP contribution in [-0.4, -0.2) is 32.6 Å². The summed E-state index contributed by atoms with van der Waals surface area (Å²) >= 11 is 0. The molecule has 28 heavy (non-hydrogen) atoms. The molecule has 1 aliphatic carbocycles. The molecule has 4 rings (SSSR count). The predicted octanol–water partition coefficient (Wildman–Crippen LogP) is 4.35. The molecule has 5 nitrogen and oxygen atoms in total. The molecule has 0 radical (unpaired) electrons. The van der Waals surface area contributed by atoms with E-state index in [0.29, 0.717) is 28.4 Å². The number of aromatic hydroxyl groups is 1. The van der Waals surface area contributed by atoms with Crippen LogP contribution < -0.4 is 5.32 Å². The van der Waals surface area contributed by atoms with Crippen molar-refractivity contribution in [3.8, 4) is 17.0 Å². The fourth-order valence-corrected chi connectivity index (χ4v) is 3.60. The van der Waals surface area contributed by atoms with Crippen molar-refractivity contribution in [1.82, 2.24) is 10.2 Å². The average Bonchev–Trinajstić information content (AvgIpc) is 3.06. The van der Waals surface area contributed by atoms with Gasteiger partial charge in [0.1, 0.15) is 11.4 Å². The highest BCUT2D eigenvalue weighted by Gasteiger charge is 2.31. The summed E-state index contributed by atoms with van der Waals surface area (Å²) in [5.74, 6) is -0.0158. The summed E-state index contributed by atoms with van der Waals surface area (Å²) in [6.45, 7) is 0. The smallest absolute Gasteiger partial charge is 0.416 e. The molecule has 2 unspecified atom stereocenters. The molecule has 3 N–H and O–H groups in total. The first kappa shape index (κ1) is 18.5. The summed E-state index contributed by atoms with van der Waals surface area (Å²) in [5.41, 5.74) is -0.469. The van der Waals surface area contributed by atoms with Gasteiger partial charge in [-0.3, -0.25) is 0 Å². The van der Waals surface area contributed by atoms with Gasteiger partial charge in [-0.15, -0.1) is 10.2 Å². The Hall–Kier alpha value is -2.87. The number of aliphatic hydroxyl groups excluding tert-OH is 1. The minimum Gasteiger partial charge on any atom is -0.507 e. The Morgan fingerprint density at radius 3 is 2.39 bits per heavy atom. The first-order valence-corrected chi connectivity index (χ1v) is 8.95. The topological polar surface area (TPSA) is 78.3 Å². The highest BCUT2D eigenvalue weighted by Crippen LogP contribution is 2.39. The Morgan fingerprint density at radius 2 is 1.75 bits per heavy atom. The van der Waals surface area contributed by atoms with Gasteiger partial charge in [-0.25, -0.2) is 0 Å². The maximum atomic E-state index is 12.9. The van der Waals surface area contributed by atoms with Crippen LogP contribution in [0.1, 0.15) is 24.8 Å². The SMILES string of the molecule is Oc1cc(C(F)(F)F)ccc1-c1nnc(NC2CCCC2O)c2ccccc12. The standard InChI is InChI=1S/C20H18F3N3O2/c21-20(22,23)11-8-9-14(17(28)10-11)18-12-4-1-2-5-13(12)19(26-25-18)24-15-6-3-7-16(15)27/h1-2,4-5,8-10,15-16,27-28H,3,6-7H2,(H,24,26). The number of fused-ring (bicyclic) bond motifs is 1. The molecule has 3 aromatic rings. The Balaban J connectivity index is 1.78. The second-order valence-corrected chi connectivity index (χ2v) is 6.92. The van der Waals surface area contributed by atoms with Crippen LogP contribution in [0.2, 0.25) is 0 Å². The molecule has 1 aliphatic rings. The van der Waals surface area contributed by atoms with Crippen molar-refractivity contribution < 1.29 is 23.4 Å². The number of hydrogen-bond acceptors (Lipinski definition) is 5. The molecule has 1 heterocycles. The maximum Gasteiger partial charge on any atom is 0.416 e. The normalized spacial score (nSPS) is 19.9. The molecule has 2 atom stereocenters. The quantitative estimate of drug-likeness (QED) is 0.621. The third kappa shape index (κ3) is 3.35. The summed E-state index contributed by atoms with van der Waals surface area (Å²) in [6, 6.07) is 9.86. The second kappa shape index (κ2) is 6.94. The van der Waals surface area contributed by atoms with E-state index in [2.05, 4.69) is 15.5 Å².